The molecule has 3 rings (SSSR count). The van der Waals surface area contributed by atoms with Crippen molar-refractivity contribution in [3.63, 3.8) is 0 Å². The van der Waals surface area contributed by atoms with Gasteiger partial charge < -0.3 is 21.1 Å². The van der Waals surface area contributed by atoms with Crippen LogP contribution in [0.25, 0.3) is 0 Å². The lowest BCUT2D eigenvalue weighted by Crippen LogP contribution is -2.35. The van der Waals surface area contributed by atoms with E-state index in [4.69, 9.17) is 27.8 Å². The largest absolute Gasteiger partial charge is 0.399 e. The van der Waals surface area contributed by atoms with Gasteiger partial charge in [-0.25, -0.2) is 4.99 Å². The second kappa shape index (κ2) is 6.75. The maximum absolute atomic E-state index is 6.43. The molecule has 5 nitrogen and oxygen atoms in total. The standard InChI is InChI=1S/C16H23ClN4O/c17-13-10-14(18)16(19)20-15(13)11-2-1-3-12(5-4-11)21-6-8-22-9-7-21/h4-5,13H,1-3,6-10,18-19H2. The van der Waals surface area contributed by atoms with Crippen molar-refractivity contribution in [1.82, 2.24) is 4.90 Å². The number of nitrogens with two attached hydrogens (primary N) is 2. The third-order valence-electron chi connectivity index (χ3n) is 4.37. The third-order valence-corrected chi connectivity index (χ3v) is 4.73. The van der Waals surface area contributed by atoms with Gasteiger partial charge in [0.2, 0.25) is 0 Å². The van der Waals surface area contributed by atoms with Gasteiger partial charge >= 0.3 is 0 Å². The predicted molar refractivity (Wildman–Crippen MR) is 89.5 cm³/mol. The summed E-state index contributed by atoms with van der Waals surface area (Å²) >= 11 is 6.43. The van der Waals surface area contributed by atoms with E-state index in [9.17, 15) is 0 Å². The van der Waals surface area contributed by atoms with Gasteiger partial charge in [-0.2, -0.15) is 0 Å². The van der Waals surface area contributed by atoms with Crippen molar-refractivity contribution in [2.75, 3.05) is 26.3 Å². The molecule has 0 bridgehead atoms. The van der Waals surface area contributed by atoms with Crippen molar-refractivity contribution in [1.29, 1.82) is 0 Å². The molecule has 1 saturated heterocycles. The minimum absolute atomic E-state index is 0.183. The van der Waals surface area contributed by atoms with Crippen LogP contribution in [0.15, 0.2) is 39.9 Å². The first-order valence-corrected chi connectivity index (χ1v) is 8.28. The summed E-state index contributed by atoms with van der Waals surface area (Å²) in [6.45, 7) is 3.57. The molecule has 3 aliphatic rings. The number of aliphatic imine (C=N–C) groups is 1. The van der Waals surface area contributed by atoms with E-state index >= 15 is 0 Å². The number of nitrogens with zero attached hydrogens (tertiary/aromatic N) is 2. The average Bonchev–Trinajstić information content (AvgIpc) is 2.78. The molecule has 6 heteroatoms. The summed E-state index contributed by atoms with van der Waals surface area (Å²) in [6, 6.07) is 0. The number of hydrogen-bond donors (Lipinski definition) is 2. The van der Waals surface area contributed by atoms with Crippen molar-refractivity contribution in [2.24, 2.45) is 16.5 Å². The van der Waals surface area contributed by atoms with Crippen LogP contribution in [0.2, 0.25) is 0 Å². The highest BCUT2D eigenvalue weighted by Crippen LogP contribution is 2.28. The van der Waals surface area contributed by atoms with E-state index in [-0.39, 0.29) is 5.38 Å². The van der Waals surface area contributed by atoms with Gasteiger partial charge in [0.15, 0.2) is 0 Å². The Morgan fingerprint density at radius 3 is 2.73 bits per heavy atom. The highest BCUT2D eigenvalue weighted by Gasteiger charge is 2.24. The Morgan fingerprint density at radius 1 is 1.18 bits per heavy atom. The van der Waals surface area contributed by atoms with Crippen LogP contribution in [0.5, 0.6) is 0 Å². The lowest BCUT2D eigenvalue weighted by Gasteiger charge is -2.30. The van der Waals surface area contributed by atoms with Crippen molar-refractivity contribution in [3.05, 3.63) is 34.9 Å². The maximum atomic E-state index is 6.43. The lowest BCUT2D eigenvalue weighted by atomic mass is 9.98. The zero-order valence-corrected chi connectivity index (χ0v) is 13.5. The van der Waals surface area contributed by atoms with E-state index in [1.807, 2.05) is 0 Å². The van der Waals surface area contributed by atoms with E-state index < -0.39 is 0 Å². The van der Waals surface area contributed by atoms with E-state index in [1.165, 1.54) is 11.3 Å². The maximum Gasteiger partial charge on any atom is 0.142 e. The van der Waals surface area contributed by atoms with Crippen molar-refractivity contribution >= 4 is 17.3 Å². The van der Waals surface area contributed by atoms with E-state index in [2.05, 4.69) is 22.0 Å². The molecule has 120 valence electrons. The van der Waals surface area contributed by atoms with Gasteiger partial charge in [0.1, 0.15) is 5.82 Å². The first-order valence-electron chi connectivity index (χ1n) is 7.84. The minimum Gasteiger partial charge on any atom is -0.399 e. The number of rotatable bonds is 2. The van der Waals surface area contributed by atoms with Crippen LogP contribution in [0.1, 0.15) is 25.7 Å². The summed E-state index contributed by atoms with van der Waals surface area (Å²) in [5.74, 6) is 0.412. The quantitative estimate of drug-likeness (QED) is 0.761. The summed E-state index contributed by atoms with van der Waals surface area (Å²) in [4.78, 5) is 6.85. The number of hydrogen-bond acceptors (Lipinski definition) is 5. The zero-order chi connectivity index (χ0) is 15.5. The molecule has 22 heavy (non-hydrogen) atoms. The highest BCUT2D eigenvalue weighted by molar-refractivity contribution is 6.35. The second-order valence-electron chi connectivity index (χ2n) is 5.88. The molecule has 0 aromatic carbocycles. The Hall–Kier alpha value is -1.46. The molecule has 0 aromatic heterocycles. The van der Waals surface area contributed by atoms with E-state index in [0.717, 1.165) is 51.3 Å². The second-order valence-corrected chi connectivity index (χ2v) is 6.41. The molecule has 0 spiro atoms. The van der Waals surface area contributed by atoms with Crippen LogP contribution in [-0.2, 0) is 4.74 Å². The fourth-order valence-electron chi connectivity index (χ4n) is 3.09. The summed E-state index contributed by atoms with van der Waals surface area (Å²) in [7, 11) is 0. The smallest absolute Gasteiger partial charge is 0.142 e. The van der Waals surface area contributed by atoms with Gasteiger partial charge in [-0.15, -0.1) is 11.6 Å². The first kappa shape index (κ1) is 15.4. The van der Waals surface area contributed by atoms with Gasteiger partial charge in [0.25, 0.3) is 0 Å². The molecule has 0 aromatic rings. The summed E-state index contributed by atoms with van der Waals surface area (Å²) < 4.78 is 5.42. The lowest BCUT2D eigenvalue weighted by molar-refractivity contribution is 0.0520. The Morgan fingerprint density at radius 2 is 1.95 bits per heavy atom. The summed E-state index contributed by atoms with van der Waals surface area (Å²) in [6.07, 6.45) is 8.08. The number of ether oxygens (including phenoxy) is 1. The number of alkyl halides is 1. The fraction of sp³-hybridized carbons (Fsp3) is 0.562. The molecule has 2 aliphatic heterocycles. The molecule has 1 atom stereocenters. The van der Waals surface area contributed by atoms with E-state index in [1.54, 1.807) is 0 Å². The Kier molecular flexibility index (Phi) is 4.74. The molecule has 1 fully saturated rings. The molecule has 1 unspecified atom stereocenters. The normalized spacial score (nSPS) is 27.0. The monoisotopic (exact) mass is 322 g/mol. The minimum atomic E-state index is -0.183. The first-order chi connectivity index (χ1) is 10.6. The van der Waals surface area contributed by atoms with Gasteiger partial charge in [0, 0.05) is 25.2 Å². The molecule has 0 radical (unpaired) electrons. The van der Waals surface area contributed by atoms with Crippen LogP contribution in [0.3, 0.4) is 0 Å². The highest BCUT2D eigenvalue weighted by atomic mass is 35.5. The molecule has 4 N–H and O–H groups in total. The molecular weight excluding hydrogens is 300 g/mol. The fourth-order valence-corrected chi connectivity index (χ4v) is 3.45. The number of allylic oxidation sites excluding steroid dienone is 5. The van der Waals surface area contributed by atoms with Gasteiger partial charge in [-0.3, -0.25) is 0 Å². The predicted octanol–water partition coefficient (Wildman–Crippen LogP) is 1.85. The molecule has 1 aliphatic carbocycles. The van der Waals surface area contributed by atoms with Crippen molar-refractivity contribution in [2.45, 2.75) is 31.1 Å². The van der Waals surface area contributed by atoms with Crippen LogP contribution in [-0.4, -0.2) is 42.3 Å². The van der Waals surface area contributed by atoms with Crippen LogP contribution in [0, 0.1) is 0 Å². The zero-order valence-electron chi connectivity index (χ0n) is 12.7. The van der Waals surface area contributed by atoms with Crippen LogP contribution >= 0.6 is 11.6 Å². The van der Waals surface area contributed by atoms with Gasteiger partial charge in [-0.1, -0.05) is 6.08 Å². The summed E-state index contributed by atoms with van der Waals surface area (Å²) in [5.41, 5.74) is 15.7. The molecular formula is C16H23ClN4O. The SMILES string of the molecule is NC1=C(N)N=C(C2=CC=C(N3CCOCC3)CCC2)C(Cl)C1. The molecule has 0 saturated carbocycles. The average molecular weight is 323 g/mol. The summed E-state index contributed by atoms with van der Waals surface area (Å²) in [5, 5.41) is -0.183. The van der Waals surface area contributed by atoms with Crippen LogP contribution in [0.4, 0.5) is 0 Å². The number of morpholine rings is 1. The van der Waals surface area contributed by atoms with Crippen molar-refractivity contribution < 1.29 is 4.74 Å². The van der Waals surface area contributed by atoms with Crippen molar-refractivity contribution in [3.8, 4) is 0 Å². The van der Waals surface area contributed by atoms with Gasteiger partial charge in [-0.05, 0) is 30.9 Å². The Balaban J connectivity index is 1.81. The molecule has 0 amide bonds. The Bertz CT molecular complexity index is 558. The third kappa shape index (κ3) is 3.31. The number of halogens is 1. The Labute approximate surface area is 136 Å². The van der Waals surface area contributed by atoms with Crippen LogP contribution < -0.4 is 11.5 Å². The topological polar surface area (TPSA) is 76.9 Å². The van der Waals surface area contributed by atoms with E-state index in [0.29, 0.717) is 17.9 Å². The van der Waals surface area contributed by atoms with Gasteiger partial charge in [0.05, 0.1) is 30.0 Å². The molecule has 2 heterocycles.